The van der Waals surface area contributed by atoms with Gasteiger partial charge in [-0.05, 0) is 24.3 Å². The zero-order valence-electron chi connectivity index (χ0n) is 14.6. The number of rotatable bonds is 5. The summed E-state index contributed by atoms with van der Waals surface area (Å²) in [7, 11) is 0. The molecule has 3 rings (SSSR count). The monoisotopic (exact) mass is 373 g/mol. The summed E-state index contributed by atoms with van der Waals surface area (Å²) in [6.07, 6.45) is 4.31. The Labute approximate surface area is 160 Å². The van der Waals surface area contributed by atoms with Crippen LogP contribution in [-0.4, -0.2) is 38.2 Å². The van der Waals surface area contributed by atoms with E-state index in [9.17, 15) is 14.4 Å². The van der Waals surface area contributed by atoms with Gasteiger partial charge in [0.2, 0.25) is 0 Å². The fourth-order valence-corrected chi connectivity index (χ4v) is 2.33. The van der Waals surface area contributed by atoms with Gasteiger partial charge in [0.1, 0.15) is 17.8 Å². The fourth-order valence-electron chi connectivity index (χ4n) is 2.33. The fraction of sp³-hybridized carbons (Fsp3) is 0.0500. The van der Waals surface area contributed by atoms with Crippen molar-refractivity contribution in [2.75, 3.05) is 0 Å². The van der Waals surface area contributed by atoms with E-state index >= 15 is 0 Å². The molecule has 0 aliphatic carbocycles. The highest BCUT2D eigenvalue weighted by Crippen LogP contribution is 2.08. The van der Waals surface area contributed by atoms with Crippen LogP contribution in [0.4, 0.5) is 0 Å². The smallest absolute Gasteiger partial charge is 0.288 e. The van der Waals surface area contributed by atoms with E-state index in [1.54, 1.807) is 48.7 Å². The summed E-state index contributed by atoms with van der Waals surface area (Å²) in [4.78, 5) is 44.2. The van der Waals surface area contributed by atoms with Crippen molar-refractivity contribution >= 4 is 17.6 Å². The molecule has 2 amide bonds. The minimum absolute atomic E-state index is 0.127. The average Bonchev–Trinajstić information content (AvgIpc) is 3.22. The highest BCUT2D eigenvalue weighted by atomic mass is 16.2. The lowest BCUT2D eigenvalue weighted by atomic mass is 10.1. The van der Waals surface area contributed by atoms with E-state index < -0.39 is 23.6 Å². The number of Topliss-reactive ketones (excluding diaryl/α,β-unsaturated/α-hetero) is 1. The highest BCUT2D eigenvalue weighted by Gasteiger charge is 2.25. The van der Waals surface area contributed by atoms with E-state index in [0.717, 1.165) is 0 Å². The van der Waals surface area contributed by atoms with E-state index in [2.05, 4.69) is 27.1 Å². The number of aromatic nitrogens is 3. The number of amides is 2. The second-order valence-corrected chi connectivity index (χ2v) is 5.61. The Morgan fingerprint density at radius 1 is 1.07 bits per heavy atom. The van der Waals surface area contributed by atoms with Gasteiger partial charge in [-0.1, -0.05) is 36.1 Å². The van der Waals surface area contributed by atoms with Crippen molar-refractivity contribution in [3.8, 4) is 17.7 Å². The van der Waals surface area contributed by atoms with Gasteiger partial charge in [-0.3, -0.25) is 19.0 Å². The van der Waals surface area contributed by atoms with Gasteiger partial charge in [0.25, 0.3) is 17.6 Å². The number of nitrogens with one attached hydrogen (secondary N) is 1. The summed E-state index contributed by atoms with van der Waals surface area (Å²) in [6, 6.07) is 12.6. The van der Waals surface area contributed by atoms with Crippen LogP contribution in [0.25, 0.3) is 5.82 Å². The van der Waals surface area contributed by atoms with Crippen molar-refractivity contribution < 1.29 is 14.4 Å². The SMILES string of the molecule is NC(=O)C(=O)C(C#Cc1ccccc1)NC(=O)c1cncn1-c1ccccn1. The Morgan fingerprint density at radius 2 is 1.82 bits per heavy atom. The summed E-state index contributed by atoms with van der Waals surface area (Å²) in [6.45, 7) is 0. The maximum atomic E-state index is 12.7. The van der Waals surface area contributed by atoms with E-state index in [1.807, 2.05) is 6.07 Å². The molecule has 2 aromatic heterocycles. The van der Waals surface area contributed by atoms with Crippen LogP contribution in [0.3, 0.4) is 0 Å². The third-order valence-electron chi connectivity index (χ3n) is 3.68. The van der Waals surface area contributed by atoms with Crippen LogP contribution < -0.4 is 11.1 Å². The van der Waals surface area contributed by atoms with Crippen molar-refractivity contribution in [3.63, 3.8) is 0 Å². The second kappa shape index (κ2) is 8.42. The van der Waals surface area contributed by atoms with Crippen LogP contribution >= 0.6 is 0 Å². The lowest BCUT2D eigenvalue weighted by Crippen LogP contribution is -2.45. The molecule has 0 aliphatic heterocycles. The Kier molecular flexibility index (Phi) is 5.58. The number of nitrogens with zero attached hydrogens (tertiary/aromatic N) is 3. The zero-order valence-corrected chi connectivity index (χ0v) is 14.6. The first-order valence-electron chi connectivity index (χ1n) is 8.21. The first kappa shape index (κ1) is 18.5. The molecule has 0 saturated heterocycles. The Balaban J connectivity index is 1.87. The summed E-state index contributed by atoms with van der Waals surface area (Å²) < 4.78 is 1.45. The molecular weight excluding hydrogens is 358 g/mol. The van der Waals surface area contributed by atoms with Crippen LogP contribution in [-0.2, 0) is 9.59 Å². The number of carbonyl (C=O) groups is 3. The Morgan fingerprint density at radius 3 is 2.50 bits per heavy atom. The Bertz CT molecular complexity index is 1070. The molecule has 0 spiro atoms. The lowest BCUT2D eigenvalue weighted by molar-refractivity contribution is -0.136. The van der Waals surface area contributed by atoms with E-state index in [1.165, 1.54) is 17.1 Å². The molecule has 0 aliphatic rings. The number of ketones is 1. The van der Waals surface area contributed by atoms with Crippen LogP contribution in [0.2, 0.25) is 0 Å². The first-order valence-corrected chi connectivity index (χ1v) is 8.21. The first-order chi connectivity index (χ1) is 13.6. The average molecular weight is 373 g/mol. The third-order valence-corrected chi connectivity index (χ3v) is 3.68. The molecule has 1 aromatic carbocycles. The van der Waals surface area contributed by atoms with Crippen LogP contribution in [0, 0.1) is 11.8 Å². The van der Waals surface area contributed by atoms with Crippen LogP contribution in [0.15, 0.2) is 67.3 Å². The van der Waals surface area contributed by atoms with E-state index in [0.29, 0.717) is 11.4 Å². The lowest BCUT2D eigenvalue weighted by Gasteiger charge is -2.11. The van der Waals surface area contributed by atoms with Crippen molar-refractivity contribution in [3.05, 3.63) is 78.5 Å². The van der Waals surface area contributed by atoms with Gasteiger partial charge in [0.15, 0.2) is 6.04 Å². The number of primary amides is 1. The third kappa shape index (κ3) is 4.28. The van der Waals surface area contributed by atoms with Crippen LogP contribution in [0.5, 0.6) is 0 Å². The maximum absolute atomic E-state index is 12.7. The van der Waals surface area contributed by atoms with Crippen molar-refractivity contribution in [2.24, 2.45) is 5.73 Å². The summed E-state index contributed by atoms with van der Waals surface area (Å²) in [5, 5.41) is 2.43. The van der Waals surface area contributed by atoms with Gasteiger partial charge in [-0.15, -0.1) is 0 Å². The molecule has 3 N–H and O–H groups in total. The van der Waals surface area contributed by atoms with Gasteiger partial charge in [-0.2, -0.15) is 0 Å². The predicted molar refractivity (Wildman–Crippen MR) is 100 cm³/mol. The predicted octanol–water partition coefficient (Wildman–Crippen LogP) is 0.472. The van der Waals surface area contributed by atoms with Crippen LogP contribution in [0.1, 0.15) is 16.1 Å². The van der Waals surface area contributed by atoms with Gasteiger partial charge in [0, 0.05) is 11.8 Å². The molecule has 8 nitrogen and oxygen atoms in total. The molecule has 8 heteroatoms. The van der Waals surface area contributed by atoms with Crippen molar-refractivity contribution in [2.45, 2.75) is 6.04 Å². The second-order valence-electron chi connectivity index (χ2n) is 5.61. The quantitative estimate of drug-likeness (QED) is 0.498. The number of pyridine rings is 1. The summed E-state index contributed by atoms with van der Waals surface area (Å²) in [5.74, 6) is 2.96. The topological polar surface area (TPSA) is 120 Å². The Hall–Kier alpha value is -4.25. The number of imidazole rings is 1. The minimum Gasteiger partial charge on any atom is -0.363 e. The standard InChI is InChI=1S/C20H15N5O3/c21-19(27)18(26)15(10-9-14-6-2-1-3-7-14)24-20(28)16-12-22-13-25(16)17-8-4-5-11-23-17/h1-8,11-13,15H,(H2,21,27)(H,24,28). The molecule has 2 heterocycles. The van der Waals surface area contributed by atoms with E-state index in [-0.39, 0.29) is 5.69 Å². The number of hydrogen-bond acceptors (Lipinski definition) is 5. The van der Waals surface area contributed by atoms with Gasteiger partial charge >= 0.3 is 0 Å². The van der Waals surface area contributed by atoms with Crippen molar-refractivity contribution in [1.82, 2.24) is 19.9 Å². The zero-order chi connectivity index (χ0) is 19.9. The summed E-state index contributed by atoms with van der Waals surface area (Å²) >= 11 is 0. The van der Waals surface area contributed by atoms with Gasteiger partial charge in [-0.25, -0.2) is 9.97 Å². The van der Waals surface area contributed by atoms with Gasteiger partial charge in [0.05, 0.1) is 6.20 Å². The largest absolute Gasteiger partial charge is 0.363 e. The van der Waals surface area contributed by atoms with Crippen molar-refractivity contribution in [1.29, 1.82) is 0 Å². The molecule has 0 radical (unpaired) electrons. The number of hydrogen-bond donors (Lipinski definition) is 2. The normalized spacial score (nSPS) is 11.0. The number of benzene rings is 1. The molecule has 3 aromatic rings. The molecule has 1 unspecified atom stereocenters. The maximum Gasteiger partial charge on any atom is 0.288 e. The highest BCUT2D eigenvalue weighted by molar-refractivity contribution is 6.38. The number of nitrogens with two attached hydrogens (primary N) is 1. The molecule has 0 fully saturated rings. The molecular formula is C20H15N5O3. The van der Waals surface area contributed by atoms with E-state index in [4.69, 9.17) is 5.73 Å². The molecule has 0 saturated carbocycles. The molecule has 28 heavy (non-hydrogen) atoms. The van der Waals surface area contributed by atoms with Gasteiger partial charge < -0.3 is 11.1 Å². The summed E-state index contributed by atoms with van der Waals surface area (Å²) in [5.41, 5.74) is 5.84. The minimum atomic E-state index is -1.39. The molecule has 138 valence electrons. The molecule has 0 bridgehead atoms. The molecule has 1 atom stereocenters. The number of carbonyl (C=O) groups excluding carboxylic acids is 3.